The molecule has 3 nitrogen and oxygen atoms in total. The number of esters is 1. The zero-order valence-electron chi connectivity index (χ0n) is 9.03. The Morgan fingerprint density at radius 2 is 2.31 bits per heavy atom. The van der Waals surface area contributed by atoms with Gasteiger partial charge in [0, 0.05) is 17.0 Å². The van der Waals surface area contributed by atoms with Crippen molar-refractivity contribution < 1.29 is 9.53 Å². The lowest BCUT2D eigenvalue weighted by atomic mass is 10.3. The van der Waals surface area contributed by atoms with Gasteiger partial charge in [-0.25, -0.2) is 0 Å². The molecule has 0 aromatic heterocycles. The van der Waals surface area contributed by atoms with E-state index >= 15 is 0 Å². The number of rotatable bonds is 5. The van der Waals surface area contributed by atoms with E-state index in [4.69, 9.17) is 17.3 Å². The highest BCUT2D eigenvalue weighted by Gasteiger charge is 2.05. The summed E-state index contributed by atoms with van der Waals surface area (Å²) in [7, 11) is 1.39. The first-order valence-corrected chi connectivity index (χ1v) is 6.25. The van der Waals surface area contributed by atoms with Crippen molar-refractivity contribution in [1.29, 1.82) is 0 Å². The molecule has 0 atom stereocenters. The number of halogens is 1. The molecule has 0 amide bonds. The molecule has 5 heteroatoms. The van der Waals surface area contributed by atoms with Crippen LogP contribution in [-0.2, 0) is 9.53 Å². The van der Waals surface area contributed by atoms with Crippen molar-refractivity contribution in [2.75, 3.05) is 18.6 Å². The van der Waals surface area contributed by atoms with Gasteiger partial charge in [0.25, 0.3) is 0 Å². The number of benzene rings is 1. The average molecular weight is 260 g/mol. The molecule has 2 N–H and O–H groups in total. The second-order valence-electron chi connectivity index (χ2n) is 3.19. The smallest absolute Gasteiger partial charge is 0.305 e. The highest BCUT2D eigenvalue weighted by atomic mass is 35.5. The molecule has 0 heterocycles. The number of methoxy groups -OCH3 is 1. The Bertz CT molecular complexity index is 351. The van der Waals surface area contributed by atoms with Gasteiger partial charge in [-0.3, -0.25) is 4.79 Å². The van der Waals surface area contributed by atoms with E-state index in [9.17, 15) is 4.79 Å². The van der Waals surface area contributed by atoms with Gasteiger partial charge in [0.15, 0.2) is 0 Å². The van der Waals surface area contributed by atoms with Crippen LogP contribution in [0, 0.1) is 0 Å². The van der Waals surface area contributed by atoms with Gasteiger partial charge in [-0.05, 0) is 24.3 Å². The molecular weight excluding hydrogens is 246 g/mol. The molecule has 0 bridgehead atoms. The van der Waals surface area contributed by atoms with Gasteiger partial charge >= 0.3 is 5.97 Å². The Balaban J connectivity index is 2.40. The first-order chi connectivity index (χ1) is 7.65. The van der Waals surface area contributed by atoms with Crippen LogP contribution >= 0.6 is 23.4 Å². The molecule has 0 saturated carbocycles. The van der Waals surface area contributed by atoms with Crippen LogP contribution in [0.2, 0.25) is 5.02 Å². The summed E-state index contributed by atoms with van der Waals surface area (Å²) in [6.45, 7) is 0. The van der Waals surface area contributed by atoms with E-state index in [1.807, 2.05) is 12.1 Å². The van der Waals surface area contributed by atoms with Gasteiger partial charge in [0.2, 0.25) is 0 Å². The number of nitrogen functional groups attached to an aromatic ring is 1. The van der Waals surface area contributed by atoms with E-state index in [2.05, 4.69) is 4.74 Å². The molecule has 0 fully saturated rings. The number of thioether (sulfide) groups is 1. The topological polar surface area (TPSA) is 52.3 Å². The van der Waals surface area contributed by atoms with Crippen molar-refractivity contribution in [2.24, 2.45) is 0 Å². The first kappa shape index (κ1) is 13.2. The van der Waals surface area contributed by atoms with Crippen molar-refractivity contribution in [2.45, 2.75) is 17.7 Å². The lowest BCUT2D eigenvalue weighted by molar-refractivity contribution is -0.140. The van der Waals surface area contributed by atoms with Gasteiger partial charge in [0.1, 0.15) is 0 Å². The highest BCUT2D eigenvalue weighted by molar-refractivity contribution is 7.99. The molecule has 16 heavy (non-hydrogen) atoms. The molecule has 1 rings (SSSR count). The maximum absolute atomic E-state index is 10.9. The third-order valence-corrected chi connectivity index (χ3v) is 3.66. The quantitative estimate of drug-likeness (QED) is 0.382. The Labute approximate surface area is 104 Å². The lowest BCUT2D eigenvalue weighted by Gasteiger charge is -2.06. The second-order valence-corrected chi connectivity index (χ2v) is 4.70. The molecule has 0 aliphatic heterocycles. The van der Waals surface area contributed by atoms with E-state index in [1.54, 1.807) is 17.8 Å². The minimum absolute atomic E-state index is 0.187. The molecule has 88 valence electrons. The summed E-state index contributed by atoms with van der Waals surface area (Å²) in [5.74, 6) is 0.607. The van der Waals surface area contributed by atoms with Crippen LogP contribution in [0.3, 0.4) is 0 Å². The number of ether oxygens (including phenoxy) is 1. The van der Waals surface area contributed by atoms with Crippen LogP contribution in [-0.4, -0.2) is 18.8 Å². The van der Waals surface area contributed by atoms with Crippen molar-refractivity contribution >= 4 is 35.0 Å². The third kappa shape index (κ3) is 3.94. The van der Waals surface area contributed by atoms with Gasteiger partial charge in [-0.1, -0.05) is 17.7 Å². The number of carbonyl (C=O) groups excluding carboxylic acids is 1. The zero-order chi connectivity index (χ0) is 12.0. The maximum atomic E-state index is 10.9. The molecular formula is C11H14ClNO2S. The standard InChI is InChI=1S/C11H14ClNO2S/c1-15-10(14)6-3-7-16-11-8(12)4-2-5-9(11)13/h2,4-5H,3,6-7,13H2,1H3. The number of nitrogens with two attached hydrogens (primary N) is 1. The lowest BCUT2D eigenvalue weighted by Crippen LogP contribution is -2.00. The summed E-state index contributed by atoms with van der Waals surface area (Å²) in [5, 5.41) is 0.656. The van der Waals surface area contributed by atoms with Crippen molar-refractivity contribution in [1.82, 2.24) is 0 Å². The largest absolute Gasteiger partial charge is 0.469 e. The summed E-state index contributed by atoms with van der Waals surface area (Å²) in [4.78, 5) is 11.8. The van der Waals surface area contributed by atoms with Crippen LogP contribution in [0.5, 0.6) is 0 Å². The van der Waals surface area contributed by atoms with Crippen molar-refractivity contribution in [3.8, 4) is 0 Å². The van der Waals surface area contributed by atoms with Crippen LogP contribution in [0.15, 0.2) is 23.1 Å². The van der Waals surface area contributed by atoms with E-state index in [0.29, 0.717) is 17.1 Å². The normalized spacial score (nSPS) is 10.1. The summed E-state index contributed by atoms with van der Waals surface area (Å²) < 4.78 is 4.55. The molecule has 1 aromatic rings. The van der Waals surface area contributed by atoms with Gasteiger partial charge in [0.05, 0.1) is 12.1 Å². The predicted octanol–water partition coefficient (Wildman–Crippen LogP) is 2.97. The van der Waals surface area contributed by atoms with E-state index in [-0.39, 0.29) is 5.97 Å². The molecule has 0 spiro atoms. The number of hydrogen-bond donors (Lipinski definition) is 1. The fourth-order valence-corrected chi connectivity index (χ4v) is 2.45. The van der Waals surface area contributed by atoms with Gasteiger partial charge in [-0.2, -0.15) is 0 Å². The Morgan fingerprint density at radius 3 is 2.94 bits per heavy atom. The van der Waals surface area contributed by atoms with Crippen LogP contribution in [0.25, 0.3) is 0 Å². The fourth-order valence-electron chi connectivity index (χ4n) is 1.17. The van der Waals surface area contributed by atoms with Gasteiger partial charge < -0.3 is 10.5 Å². The Kier molecular flexibility index (Phi) is 5.49. The maximum Gasteiger partial charge on any atom is 0.305 e. The van der Waals surface area contributed by atoms with Crippen molar-refractivity contribution in [3.63, 3.8) is 0 Å². The molecule has 1 aromatic carbocycles. The molecule has 0 aliphatic carbocycles. The number of anilines is 1. The monoisotopic (exact) mass is 259 g/mol. The molecule has 0 aliphatic rings. The fraction of sp³-hybridized carbons (Fsp3) is 0.364. The average Bonchev–Trinajstić information content (AvgIpc) is 2.27. The number of hydrogen-bond acceptors (Lipinski definition) is 4. The Morgan fingerprint density at radius 1 is 1.56 bits per heavy atom. The van der Waals surface area contributed by atoms with E-state index in [1.165, 1.54) is 7.11 Å². The summed E-state index contributed by atoms with van der Waals surface area (Å²) >= 11 is 7.57. The predicted molar refractivity (Wildman–Crippen MR) is 67.8 cm³/mol. The van der Waals surface area contributed by atoms with Crippen LogP contribution < -0.4 is 5.73 Å². The minimum atomic E-state index is -0.187. The van der Waals surface area contributed by atoms with Crippen LogP contribution in [0.4, 0.5) is 5.69 Å². The van der Waals surface area contributed by atoms with E-state index in [0.717, 1.165) is 17.1 Å². The zero-order valence-corrected chi connectivity index (χ0v) is 10.6. The first-order valence-electron chi connectivity index (χ1n) is 4.88. The summed E-state index contributed by atoms with van der Waals surface area (Å²) in [6, 6.07) is 5.44. The highest BCUT2D eigenvalue weighted by Crippen LogP contribution is 2.32. The molecule has 0 unspecified atom stereocenters. The molecule has 0 saturated heterocycles. The molecule has 0 radical (unpaired) electrons. The van der Waals surface area contributed by atoms with Gasteiger partial charge in [-0.15, -0.1) is 11.8 Å². The summed E-state index contributed by atoms with van der Waals surface area (Å²) in [6.07, 6.45) is 1.18. The third-order valence-electron chi connectivity index (χ3n) is 2.00. The van der Waals surface area contributed by atoms with E-state index < -0.39 is 0 Å². The Hall–Kier alpha value is -0.870. The SMILES string of the molecule is COC(=O)CCCSc1c(N)cccc1Cl. The van der Waals surface area contributed by atoms with Crippen LogP contribution in [0.1, 0.15) is 12.8 Å². The van der Waals surface area contributed by atoms with Crippen molar-refractivity contribution in [3.05, 3.63) is 23.2 Å². The second kappa shape index (κ2) is 6.66. The summed E-state index contributed by atoms with van der Waals surface area (Å²) in [5.41, 5.74) is 6.47. The minimum Gasteiger partial charge on any atom is -0.469 e. The number of carbonyl (C=O) groups is 1.